The number of halogens is 2. The van der Waals surface area contributed by atoms with Crippen LogP contribution in [-0.4, -0.2) is 27.0 Å². The Bertz CT molecular complexity index is 568. The highest BCUT2D eigenvalue weighted by Crippen LogP contribution is 2.46. The summed E-state index contributed by atoms with van der Waals surface area (Å²) in [6.07, 6.45) is 2.94. The second-order valence-electron chi connectivity index (χ2n) is 5.39. The second-order valence-corrected chi connectivity index (χ2v) is 7.53. The lowest BCUT2D eigenvalue weighted by molar-refractivity contribution is 0.469. The van der Waals surface area contributed by atoms with Gasteiger partial charge in [-0.1, -0.05) is 12.1 Å². The van der Waals surface area contributed by atoms with Crippen molar-refractivity contribution in [2.24, 2.45) is 5.41 Å². The zero-order chi connectivity index (χ0) is 14.1. The lowest BCUT2D eigenvalue weighted by Crippen LogP contribution is -2.29. The maximum atomic E-state index is 13.4. The van der Waals surface area contributed by atoms with E-state index in [2.05, 4.69) is 5.32 Å². The summed E-state index contributed by atoms with van der Waals surface area (Å²) in [5, 5.41) is 3.02. The summed E-state index contributed by atoms with van der Waals surface area (Å²) in [5.74, 6) is -1.56. The minimum atomic E-state index is -3.00. The molecule has 1 aromatic rings. The lowest BCUT2D eigenvalue weighted by Gasteiger charge is -2.15. The number of hydrogen-bond donors (Lipinski definition) is 1. The van der Waals surface area contributed by atoms with Crippen LogP contribution in [0.15, 0.2) is 18.2 Å². The highest BCUT2D eigenvalue weighted by atomic mass is 32.2. The molecule has 3 nitrogen and oxygen atoms in total. The average molecular weight is 289 g/mol. The van der Waals surface area contributed by atoms with Crippen LogP contribution in [0.5, 0.6) is 0 Å². The van der Waals surface area contributed by atoms with Gasteiger partial charge in [0.1, 0.15) is 9.84 Å². The van der Waals surface area contributed by atoms with E-state index < -0.39 is 21.5 Å². The molecule has 0 atom stereocenters. The highest BCUT2D eigenvalue weighted by Gasteiger charge is 2.44. The van der Waals surface area contributed by atoms with E-state index in [0.29, 0.717) is 6.54 Å². The molecule has 1 aromatic carbocycles. The van der Waals surface area contributed by atoms with Crippen molar-refractivity contribution < 1.29 is 17.2 Å². The van der Waals surface area contributed by atoms with Gasteiger partial charge in [0.05, 0.1) is 5.75 Å². The van der Waals surface area contributed by atoms with Crippen LogP contribution in [0.2, 0.25) is 0 Å². The molecular weight excluding hydrogens is 272 g/mol. The lowest BCUT2D eigenvalue weighted by atomic mass is 10.1. The van der Waals surface area contributed by atoms with Crippen LogP contribution in [-0.2, 0) is 16.4 Å². The Balaban J connectivity index is 1.89. The molecule has 0 spiro atoms. The molecule has 1 saturated carbocycles. The fraction of sp³-hybridized carbons (Fsp3) is 0.538. The summed E-state index contributed by atoms with van der Waals surface area (Å²) < 4.78 is 49.0. The van der Waals surface area contributed by atoms with Crippen LogP contribution in [0.3, 0.4) is 0 Å². The van der Waals surface area contributed by atoms with Gasteiger partial charge in [0, 0.05) is 24.9 Å². The molecule has 6 heteroatoms. The summed E-state index contributed by atoms with van der Waals surface area (Å²) in [6, 6.07) is 4.05. The molecule has 0 saturated heterocycles. The maximum Gasteiger partial charge on any atom is 0.163 e. The zero-order valence-electron chi connectivity index (χ0n) is 10.7. The first kappa shape index (κ1) is 14.4. The SMILES string of the molecule is CS(=O)(=O)CC1(CNCc2cccc(F)c2F)CC1. The van der Waals surface area contributed by atoms with E-state index in [1.54, 1.807) is 0 Å². The van der Waals surface area contributed by atoms with Crippen LogP contribution < -0.4 is 5.32 Å². The Labute approximate surface area is 111 Å². The Hall–Kier alpha value is -1.01. The second kappa shape index (κ2) is 5.17. The standard InChI is InChI=1S/C13H17F2NO2S/c1-19(17,18)9-13(5-6-13)8-16-7-10-3-2-4-11(14)12(10)15/h2-4,16H,5-9H2,1H3. The van der Waals surface area contributed by atoms with E-state index in [0.717, 1.165) is 18.9 Å². The van der Waals surface area contributed by atoms with Gasteiger partial charge in [0.15, 0.2) is 11.6 Å². The monoisotopic (exact) mass is 289 g/mol. The topological polar surface area (TPSA) is 46.2 Å². The first-order valence-electron chi connectivity index (χ1n) is 6.13. The number of sulfone groups is 1. The normalized spacial score (nSPS) is 17.4. The predicted octanol–water partition coefficient (Wildman–Crippen LogP) is 1.88. The largest absolute Gasteiger partial charge is 0.312 e. The molecule has 0 amide bonds. The van der Waals surface area contributed by atoms with Gasteiger partial charge in [-0.3, -0.25) is 0 Å². The minimum absolute atomic E-state index is 0.151. The van der Waals surface area contributed by atoms with E-state index >= 15 is 0 Å². The molecule has 19 heavy (non-hydrogen) atoms. The minimum Gasteiger partial charge on any atom is -0.312 e. The Morgan fingerprint density at radius 2 is 2.00 bits per heavy atom. The third kappa shape index (κ3) is 3.98. The van der Waals surface area contributed by atoms with Crippen molar-refractivity contribution in [3.05, 3.63) is 35.4 Å². The molecular formula is C13H17F2NO2S. The number of nitrogens with one attached hydrogen (secondary N) is 1. The Morgan fingerprint density at radius 1 is 1.32 bits per heavy atom. The van der Waals surface area contributed by atoms with Gasteiger partial charge in [-0.15, -0.1) is 0 Å². The van der Waals surface area contributed by atoms with Crippen LogP contribution in [0.4, 0.5) is 8.78 Å². The number of rotatable bonds is 6. The van der Waals surface area contributed by atoms with E-state index in [1.165, 1.54) is 18.4 Å². The van der Waals surface area contributed by atoms with E-state index in [4.69, 9.17) is 0 Å². The average Bonchev–Trinajstić information content (AvgIpc) is 3.02. The summed E-state index contributed by atoms with van der Waals surface area (Å²) in [6.45, 7) is 0.713. The molecule has 1 aliphatic rings. The molecule has 1 fully saturated rings. The van der Waals surface area contributed by atoms with Crippen molar-refractivity contribution >= 4 is 9.84 Å². The fourth-order valence-corrected chi connectivity index (χ4v) is 3.76. The fourth-order valence-electron chi connectivity index (χ4n) is 2.25. The maximum absolute atomic E-state index is 13.4. The van der Waals surface area contributed by atoms with Crippen molar-refractivity contribution in [3.8, 4) is 0 Å². The smallest absolute Gasteiger partial charge is 0.163 e. The predicted molar refractivity (Wildman–Crippen MR) is 69.4 cm³/mol. The van der Waals surface area contributed by atoms with Crippen molar-refractivity contribution in [2.75, 3.05) is 18.6 Å². The third-order valence-corrected chi connectivity index (χ3v) is 4.51. The van der Waals surface area contributed by atoms with Gasteiger partial charge in [-0.25, -0.2) is 17.2 Å². The Morgan fingerprint density at radius 3 is 2.58 bits per heavy atom. The summed E-state index contributed by atoms with van der Waals surface area (Å²) in [5.41, 5.74) is 0.0485. The summed E-state index contributed by atoms with van der Waals surface area (Å²) >= 11 is 0. The molecule has 0 heterocycles. The molecule has 0 bridgehead atoms. The molecule has 0 aliphatic heterocycles. The van der Waals surface area contributed by atoms with Crippen molar-refractivity contribution in [1.29, 1.82) is 0 Å². The van der Waals surface area contributed by atoms with Crippen molar-refractivity contribution in [2.45, 2.75) is 19.4 Å². The third-order valence-electron chi connectivity index (χ3n) is 3.37. The van der Waals surface area contributed by atoms with Crippen LogP contribution >= 0.6 is 0 Å². The highest BCUT2D eigenvalue weighted by molar-refractivity contribution is 7.90. The molecule has 0 radical (unpaired) electrons. The van der Waals surface area contributed by atoms with Gasteiger partial charge >= 0.3 is 0 Å². The summed E-state index contributed by atoms with van der Waals surface area (Å²) in [7, 11) is -3.00. The van der Waals surface area contributed by atoms with E-state index in [9.17, 15) is 17.2 Å². The quantitative estimate of drug-likeness (QED) is 0.870. The molecule has 0 unspecified atom stereocenters. The first-order valence-corrected chi connectivity index (χ1v) is 8.19. The number of benzene rings is 1. The van der Waals surface area contributed by atoms with Crippen molar-refractivity contribution in [3.63, 3.8) is 0 Å². The van der Waals surface area contributed by atoms with E-state index in [1.807, 2.05) is 0 Å². The van der Waals surface area contributed by atoms with Gasteiger partial charge in [0.2, 0.25) is 0 Å². The van der Waals surface area contributed by atoms with Gasteiger partial charge in [0.25, 0.3) is 0 Å². The molecule has 1 aliphatic carbocycles. The molecule has 106 valence electrons. The zero-order valence-corrected chi connectivity index (χ0v) is 11.6. The van der Waals surface area contributed by atoms with Crippen LogP contribution in [0, 0.1) is 17.0 Å². The van der Waals surface area contributed by atoms with Gasteiger partial charge < -0.3 is 5.32 Å². The van der Waals surface area contributed by atoms with Crippen LogP contribution in [0.1, 0.15) is 18.4 Å². The first-order chi connectivity index (χ1) is 8.81. The van der Waals surface area contributed by atoms with Crippen molar-refractivity contribution in [1.82, 2.24) is 5.32 Å². The number of hydrogen-bond acceptors (Lipinski definition) is 3. The van der Waals surface area contributed by atoms with E-state index in [-0.39, 0.29) is 23.3 Å². The van der Waals surface area contributed by atoms with Crippen LogP contribution in [0.25, 0.3) is 0 Å². The molecule has 0 aromatic heterocycles. The molecule has 2 rings (SSSR count). The van der Waals surface area contributed by atoms with Gasteiger partial charge in [-0.2, -0.15) is 0 Å². The Kier molecular flexibility index (Phi) is 3.92. The summed E-state index contributed by atoms with van der Waals surface area (Å²) in [4.78, 5) is 0. The molecule has 1 N–H and O–H groups in total. The van der Waals surface area contributed by atoms with Gasteiger partial charge in [-0.05, 0) is 24.3 Å².